The third-order valence-electron chi connectivity index (χ3n) is 5.00. The fraction of sp³-hybridized carbons (Fsp3) is 0.348. The molecule has 0 aliphatic carbocycles. The van der Waals surface area contributed by atoms with Crippen molar-refractivity contribution in [2.24, 2.45) is 4.99 Å². The van der Waals surface area contributed by atoms with Crippen molar-refractivity contribution in [3.63, 3.8) is 0 Å². The number of carbonyl (C=O) groups excluding carboxylic acids is 1. The van der Waals surface area contributed by atoms with Gasteiger partial charge in [-0.25, -0.2) is 9.59 Å². The van der Waals surface area contributed by atoms with Crippen LogP contribution < -0.4 is 5.32 Å². The third-order valence-corrected chi connectivity index (χ3v) is 5.00. The van der Waals surface area contributed by atoms with Gasteiger partial charge in [-0.05, 0) is 43.2 Å². The number of nitrogens with zero attached hydrogens (tertiary/aromatic N) is 3. The highest BCUT2D eigenvalue weighted by molar-refractivity contribution is 5.95. The van der Waals surface area contributed by atoms with Gasteiger partial charge in [-0.2, -0.15) is 0 Å². The molecule has 1 heterocycles. The van der Waals surface area contributed by atoms with Crippen molar-refractivity contribution in [2.45, 2.75) is 13.3 Å². The molecule has 2 aromatic rings. The fourth-order valence-electron chi connectivity index (χ4n) is 3.29. The van der Waals surface area contributed by atoms with Gasteiger partial charge in [-0.1, -0.05) is 30.3 Å². The van der Waals surface area contributed by atoms with Crippen molar-refractivity contribution in [3.05, 3.63) is 65.7 Å². The smallest absolute Gasteiger partial charge is 0.409 e. The first-order valence-electron chi connectivity index (χ1n) is 10.4. The van der Waals surface area contributed by atoms with Crippen LogP contribution in [0.25, 0.3) is 0 Å². The van der Waals surface area contributed by atoms with Gasteiger partial charge in [-0.3, -0.25) is 4.99 Å². The lowest BCUT2D eigenvalue weighted by Gasteiger charge is -2.36. The number of amides is 1. The summed E-state index contributed by atoms with van der Waals surface area (Å²) >= 11 is 0. The van der Waals surface area contributed by atoms with Crippen LogP contribution in [0.3, 0.4) is 0 Å². The molecule has 0 atom stereocenters. The summed E-state index contributed by atoms with van der Waals surface area (Å²) in [5, 5.41) is 12.4. The summed E-state index contributed by atoms with van der Waals surface area (Å²) in [6.07, 6.45) is 0.522. The molecule has 0 spiro atoms. The highest BCUT2D eigenvalue weighted by Crippen LogP contribution is 2.13. The predicted molar refractivity (Wildman–Crippen MR) is 120 cm³/mol. The summed E-state index contributed by atoms with van der Waals surface area (Å²) in [5.41, 5.74) is 2.20. The molecular weight excluding hydrogens is 396 g/mol. The summed E-state index contributed by atoms with van der Waals surface area (Å²) in [6.45, 7) is 5.13. The number of aromatic carboxylic acids is 1. The minimum absolute atomic E-state index is 0.233. The van der Waals surface area contributed by atoms with Crippen LogP contribution in [0.4, 0.5) is 10.5 Å². The topological polar surface area (TPSA) is 94.5 Å². The van der Waals surface area contributed by atoms with Gasteiger partial charge >= 0.3 is 12.1 Å². The van der Waals surface area contributed by atoms with Crippen LogP contribution in [0.2, 0.25) is 0 Å². The van der Waals surface area contributed by atoms with Gasteiger partial charge in [0.2, 0.25) is 0 Å². The maximum Gasteiger partial charge on any atom is 0.409 e. The predicted octanol–water partition coefficient (Wildman–Crippen LogP) is 3.17. The average Bonchev–Trinajstić information content (AvgIpc) is 2.80. The van der Waals surface area contributed by atoms with E-state index in [9.17, 15) is 9.59 Å². The molecule has 0 aromatic heterocycles. The highest BCUT2D eigenvalue weighted by atomic mass is 16.6. The molecule has 0 bridgehead atoms. The molecule has 2 aromatic carbocycles. The molecule has 164 valence electrons. The number of nitrogens with one attached hydrogen (secondary N) is 1. The number of aliphatic imine (C=N–C) groups is 1. The number of ether oxygens (including phenoxy) is 1. The van der Waals surface area contributed by atoms with Crippen LogP contribution in [0, 0.1) is 0 Å². The van der Waals surface area contributed by atoms with Crippen LogP contribution >= 0.6 is 0 Å². The van der Waals surface area contributed by atoms with E-state index in [1.54, 1.807) is 36.1 Å². The molecule has 1 amide bonds. The highest BCUT2D eigenvalue weighted by Gasteiger charge is 2.24. The number of carbonyl (C=O) groups is 2. The Labute approximate surface area is 182 Å². The monoisotopic (exact) mass is 424 g/mol. The number of rotatable bonds is 6. The second-order valence-electron chi connectivity index (χ2n) is 7.12. The number of carboxylic acid groups (broad SMARTS) is 1. The van der Waals surface area contributed by atoms with E-state index in [1.807, 2.05) is 18.2 Å². The number of benzene rings is 2. The van der Waals surface area contributed by atoms with Gasteiger partial charge in [0.25, 0.3) is 0 Å². The number of carboxylic acids is 1. The van der Waals surface area contributed by atoms with E-state index in [4.69, 9.17) is 14.8 Å². The molecule has 1 aliphatic heterocycles. The van der Waals surface area contributed by atoms with Crippen molar-refractivity contribution in [1.82, 2.24) is 9.80 Å². The third kappa shape index (κ3) is 6.47. The molecule has 1 fully saturated rings. The number of hydrogen-bond acceptors (Lipinski definition) is 4. The average molecular weight is 425 g/mol. The van der Waals surface area contributed by atoms with Crippen LogP contribution in [-0.4, -0.2) is 72.3 Å². The molecular formula is C23H28N4O4. The van der Waals surface area contributed by atoms with Crippen molar-refractivity contribution >= 4 is 23.7 Å². The number of hydrogen-bond donors (Lipinski definition) is 2. The first kappa shape index (κ1) is 22.1. The maximum atomic E-state index is 12.0. The van der Waals surface area contributed by atoms with Crippen LogP contribution in [0.15, 0.2) is 59.6 Å². The van der Waals surface area contributed by atoms with E-state index < -0.39 is 5.97 Å². The Hall–Kier alpha value is -3.55. The van der Waals surface area contributed by atoms with Gasteiger partial charge < -0.3 is 25.0 Å². The summed E-state index contributed by atoms with van der Waals surface area (Å²) in [5.74, 6) is -0.249. The Morgan fingerprint density at radius 1 is 1.00 bits per heavy atom. The molecule has 8 heteroatoms. The SMILES string of the molecule is CCOC(=O)N1CCN(C(=NCCc2ccccc2)Nc2ccc(C(=O)O)cc2)CC1. The zero-order chi connectivity index (χ0) is 22.1. The first-order chi connectivity index (χ1) is 15.1. The molecule has 1 aliphatic rings. The van der Waals surface area contributed by atoms with Crippen LogP contribution in [0.1, 0.15) is 22.8 Å². The quantitative estimate of drug-likeness (QED) is 0.546. The van der Waals surface area contributed by atoms with E-state index >= 15 is 0 Å². The van der Waals surface area contributed by atoms with Gasteiger partial charge in [0.05, 0.1) is 12.2 Å². The van der Waals surface area contributed by atoms with Crippen molar-refractivity contribution in [2.75, 3.05) is 44.6 Å². The summed E-state index contributed by atoms with van der Waals surface area (Å²) in [6, 6.07) is 16.7. The van der Waals surface area contributed by atoms with Crippen molar-refractivity contribution in [1.29, 1.82) is 0 Å². The van der Waals surface area contributed by atoms with E-state index in [0.29, 0.717) is 45.3 Å². The maximum absolute atomic E-state index is 12.0. The Morgan fingerprint density at radius 3 is 2.26 bits per heavy atom. The second-order valence-corrected chi connectivity index (χ2v) is 7.12. The van der Waals surface area contributed by atoms with Gasteiger partial charge in [0.15, 0.2) is 5.96 Å². The number of piperazine rings is 1. The molecule has 0 saturated carbocycles. The summed E-state index contributed by atoms with van der Waals surface area (Å²) in [4.78, 5) is 31.7. The Bertz CT molecular complexity index is 892. The Kier molecular flexibility index (Phi) is 7.86. The molecule has 2 N–H and O–H groups in total. The van der Waals surface area contributed by atoms with E-state index in [-0.39, 0.29) is 11.7 Å². The summed E-state index contributed by atoms with van der Waals surface area (Å²) in [7, 11) is 0. The van der Waals surface area contributed by atoms with Gasteiger partial charge in [0, 0.05) is 38.4 Å². The fourth-order valence-corrected chi connectivity index (χ4v) is 3.29. The lowest BCUT2D eigenvalue weighted by molar-refractivity contribution is 0.0696. The van der Waals surface area contributed by atoms with E-state index in [2.05, 4.69) is 22.3 Å². The molecule has 31 heavy (non-hydrogen) atoms. The van der Waals surface area contributed by atoms with E-state index in [1.165, 1.54) is 5.56 Å². The Morgan fingerprint density at radius 2 is 1.65 bits per heavy atom. The van der Waals surface area contributed by atoms with Gasteiger partial charge in [-0.15, -0.1) is 0 Å². The first-order valence-corrected chi connectivity index (χ1v) is 10.4. The molecule has 8 nitrogen and oxygen atoms in total. The second kappa shape index (κ2) is 11.0. The van der Waals surface area contributed by atoms with Crippen LogP contribution in [0.5, 0.6) is 0 Å². The molecule has 3 rings (SSSR count). The van der Waals surface area contributed by atoms with Gasteiger partial charge in [0.1, 0.15) is 0 Å². The standard InChI is InChI=1S/C23H28N4O4/c1-2-31-23(30)27-16-14-26(15-17-27)22(24-13-12-18-6-4-3-5-7-18)25-20-10-8-19(9-11-20)21(28)29/h3-11H,2,12-17H2,1H3,(H,24,25)(H,28,29). The lowest BCUT2D eigenvalue weighted by Crippen LogP contribution is -2.52. The minimum atomic E-state index is -0.960. The lowest BCUT2D eigenvalue weighted by atomic mass is 10.2. The molecule has 1 saturated heterocycles. The molecule has 0 radical (unpaired) electrons. The normalized spacial score (nSPS) is 14.3. The number of anilines is 1. The largest absolute Gasteiger partial charge is 0.478 e. The van der Waals surface area contributed by atoms with Crippen molar-refractivity contribution < 1.29 is 19.4 Å². The summed E-state index contributed by atoms with van der Waals surface area (Å²) < 4.78 is 5.09. The van der Waals surface area contributed by atoms with Crippen molar-refractivity contribution in [3.8, 4) is 0 Å². The van der Waals surface area contributed by atoms with E-state index in [0.717, 1.165) is 12.1 Å². The zero-order valence-corrected chi connectivity index (χ0v) is 17.7. The Balaban J connectivity index is 1.68. The molecule has 0 unspecified atom stereocenters. The minimum Gasteiger partial charge on any atom is -0.478 e. The van der Waals surface area contributed by atoms with Crippen LogP contribution in [-0.2, 0) is 11.2 Å². The zero-order valence-electron chi connectivity index (χ0n) is 17.7. The number of guanidine groups is 1.